The van der Waals surface area contributed by atoms with Crippen LogP contribution in [0.15, 0.2) is 48.5 Å². The fourth-order valence-electron chi connectivity index (χ4n) is 2.31. The smallest absolute Gasteiger partial charge is 0.260 e. The molecule has 0 saturated carbocycles. The minimum atomic E-state index is -0.665. The first-order valence-electron chi connectivity index (χ1n) is 7.71. The normalized spacial score (nSPS) is 17.0. The first kappa shape index (κ1) is 16.5. The van der Waals surface area contributed by atoms with Gasteiger partial charge in [0.2, 0.25) is 0 Å². The molecule has 1 N–H and O–H groups in total. The van der Waals surface area contributed by atoms with Crippen LogP contribution in [0.4, 0.5) is 0 Å². The summed E-state index contributed by atoms with van der Waals surface area (Å²) in [6.45, 7) is 2.40. The number of fused-ring (bicyclic) bond motifs is 1. The summed E-state index contributed by atoms with van der Waals surface area (Å²) in [6.07, 6.45) is -0.905. The number of para-hydroxylation sites is 3. The van der Waals surface area contributed by atoms with E-state index >= 15 is 0 Å². The standard InChI is InChI=1S/C18H18ClNO4/c1-12(23-15-7-3-2-6-14(15)19)18(21)20-10-13-11-22-16-8-4-5-9-17(16)24-13/h2-9,12-13H,10-11H2,1H3,(H,20,21)/t12-,13+/m0/s1. The van der Waals surface area contributed by atoms with Gasteiger partial charge in [-0.05, 0) is 31.2 Å². The largest absolute Gasteiger partial charge is 0.486 e. The zero-order valence-electron chi connectivity index (χ0n) is 13.2. The van der Waals surface area contributed by atoms with Crippen molar-refractivity contribution >= 4 is 17.5 Å². The molecule has 0 unspecified atom stereocenters. The summed E-state index contributed by atoms with van der Waals surface area (Å²) >= 11 is 6.03. The van der Waals surface area contributed by atoms with Gasteiger partial charge in [0.15, 0.2) is 17.6 Å². The third-order valence-corrected chi connectivity index (χ3v) is 3.89. The van der Waals surface area contributed by atoms with Gasteiger partial charge in [-0.15, -0.1) is 0 Å². The number of amides is 1. The lowest BCUT2D eigenvalue weighted by atomic mass is 10.2. The Bertz CT molecular complexity index is 722. The van der Waals surface area contributed by atoms with Gasteiger partial charge in [0, 0.05) is 0 Å². The van der Waals surface area contributed by atoms with Crippen molar-refractivity contribution in [1.82, 2.24) is 5.32 Å². The molecular weight excluding hydrogens is 330 g/mol. The second-order valence-electron chi connectivity index (χ2n) is 5.43. The molecule has 0 radical (unpaired) electrons. The van der Waals surface area contributed by atoms with E-state index in [0.717, 1.165) is 5.75 Å². The zero-order chi connectivity index (χ0) is 16.9. The van der Waals surface area contributed by atoms with E-state index in [1.54, 1.807) is 31.2 Å². The summed E-state index contributed by atoms with van der Waals surface area (Å²) in [4.78, 5) is 12.2. The lowest BCUT2D eigenvalue weighted by Gasteiger charge is -2.27. The van der Waals surface area contributed by atoms with E-state index in [4.69, 9.17) is 25.8 Å². The van der Waals surface area contributed by atoms with Crippen molar-refractivity contribution in [1.29, 1.82) is 0 Å². The van der Waals surface area contributed by atoms with E-state index in [1.807, 2.05) is 24.3 Å². The van der Waals surface area contributed by atoms with Crippen LogP contribution in [0.1, 0.15) is 6.92 Å². The molecule has 2 atom stereocenters. The number of rotatable bonds is 5. The molecule has 24 heavy (non-hydrogen) atoms. The van der Waals surface area contributed by atoms with Gasteiger partial charge in [0.25, 0.3) is 5.91 Å². The third kappa shape index (κ3) is 3.92. The van der Waals surface area contributed by atoms with E-state index in [1.165, 1.54) is 0 Å². The predicted molar refractivity (Wildman–Crippen MR) is 90.9 cm³/mol. The number of halogens is 1. The summed E-state index contributed by atoms with van der Waals surface area (Å²) < 4.78 is 17.0. The maximum absolute atomic E-state index is 12.2. The summed E-state index contributed by atoms with van der Waals surface area (Å²) in [7, 11) is 0. The summed E-state index contributed by atoms with van der Waals surface area (Å²) in [6, 6.07) is 14.5. The minimum Gasteiger partial charge on any atom is -0.486 e. The quantitative estimate of drug-likeness (QED) is 0.903. The molecule has 2 aromatic carbocycles. The van der Waals surface area contributed by atoms with Gasteiger partial charge in [0.05, 0.1) is 11.6 Å². The average molecular weight is 348 g/mol. The van der Waals surface area contributed by atoms with E-state index in [2.05, 4.69) is 5.32 Å². The highest BCUT2D eigenvalue weighted by molar-refractivity contribution is 6.32. The number of ether oxygens (including phenoxy) is 3. The molecule has 1 aliphatic rings. The van der Waals surface area contributed by atoms with Gasteiger partial charge in [-0.2, -0.15) is 0 Å². The highest BCUT2D eigenvalue weighted by Crippen LogP contribution is 2.30. The van der Waals surface area contributed by atoms with Gasteiger partial charge in [-0.3, -0.25) is 4.79 Å². The molecule has 0 spiro atoms. The summed E-state index contributed by atoms with van der Waals surface area (Å²) in [5.41, 5.74) is 0. The van der Waals surface area contributed by atoms with Gasteiger partial charge in [0.1, 0.15) is 18.5 Å². The van der Waals surface area contributed by atoms with Crippen molar-refractivity contribution in [3.63, 3.8) is 0 Å². The SMILES string of the molecule is C[C@H](Oc1ccccc1Cl)C(=O)NC[C@@H]1COc2ccccc2O1. The maximum atomic E-state index is 12.2. The van der Waals surface area contributed by atoms with Crippen molar-refractivity contribution in [3.05, 3.63) is 53.6 Å². The molecular formula is C18H18ClNO4. The Balaban J connectivity index is 1.50. The molecule has 126 valence electrons. The fraction of sp³-hybridized carbons (Fsp3) is 0.278. The number of hydrogen-bond donors (Lipinski definition) is 1. The molecule has 0 aliphatic carbocycles. The lowest BCUT2D eigenvalue weighted by molar-refractivity contribution is -0.127. The Kier molecular flexibility index (Phi) is 5.11. The van der Waals surface area contributed by atoms with Gasteiger partial charge >= 0.3 is 0 Å². The molecule has 1 heterocycles. The lowest BCUT2D eigenvalue weighted by Crippen LogP contribution is -2.44. The Morgan fingerprint density at radius 1 is 1.25 bits per heavy atom. The Labute approximate surface area is 145 Å². The van der Waals surface area contributed by atoms with Crippen LogP contribution in [0.3, 0.4) is 0 Å². The first-order valence-corrected chi connectivity index (χ1v) is 8.08. The molecule has 1 amide bonds. The highest BCUT2D eigenvalue weighted by Gasteiger charge is 2.23. The molecule has 0 saturated heterocycles. The van der Waals surface area contributed by atoms with Gasteiger partial charge in [-0.25, -0.2) is 0 Å². The molecule has 6 heteroatoms. The number of hydrogen-bond acceptors (Lipinski definition) is 4. The maximum Gasteiger partial charge on any atom is 0.260 e. The zero-order valence-corrected chi connectivity index (χ0v) is 14.0. The molecule has 2 aromatic rings. The second-order valence-corrected chi connectivity index (χ2v) is 5.84. The Morgan fingerprint density at radius 2 is 1.96 bits per heavy atom. The number of nitrogens with one attached hydrogen (secondary N) is 1. The first-order chi connectivity index (χ1) is 11.6. The molecule has 0 bridgehead atoms. The second kappa shape index (κ2) is 7.45. The Hall–Kier alpha value is -2.40. The third-order valence-electron chi connectivity index (χ3n) is 3.58. The topological polar surface area (TPSA) is 56.8 Å². The van der Waals surface area contributed by atoms with Crippen LogP contribution in [0, 0.1) is 0 Å². The summed E-state index contributed by atoms with van der Waals surface area (Å²) in [5.74, 6) is 1.64. The molecule has 1 aliphatic heterocycles. The highest BCUT2D eigenvalue weighted by atomic mass is 35.5. The van der Waals surface area contributed by atoms with Crippen molar-refractivity contribution in [2.75, 3.05) is 13.2 Å². The molecule has 3 rings (SSSR count). The Morgan fingerprint density at radius 3 is 2.75 bits per heavy atom. The molecule has 0 aromatic heterocycles. The minimum absolute atomic E-state index is 0.239. The van der Waals surface area contributed by atoms with Crippen molar-refractivity contribution in [2.24, 2.45) is 0 Å². The number of benzene rings is 2. The number of carbonyl (C=O) groups is 1. The van der Waals surface area contributed by atoms with Crippen LogP contribution in [-0.4, -0.2) is 31.3 Å². The van der Waals surface area contributed by atoms with E-state index in [-0.39, 0.29) is 12.0 Å². The van der Waals surface area contributed by atoms with Crippen molar-refractivity contribution in [2.45, 2.75) is 19.1 Å². The molecule has 0 fully saturated rings. The van der Waals surface area contributed by atoms with Gasteiger partial charge in [-0.1, -0.05) is 35.9 Å². The van der Waals surface area contributed by atoms with E-state index < -0.39 is 6.10 Å². The van der Waals surface area contributed by atoms with Crippen molar-refractivity contribution in [3.8, 4) is 17.2 Å². The average Bonchev–Trinajstić information content (AvgIpc) is 2.61. The van der Waals surface area contributed by atoms with Crippen LogP contribution >= 0.6 is 11.6 Å². The number of carbonyl (C=O) groups excluding carboxylic acids is 1. The fourth-order valence-corrected chi connectivity index (χ4v) is 2.49. The predicted octanol–water partition coefficient (Wildman–Crippen LogP) is 3.06. The van der Waals surface area contributed by atoms with Crippen LogP contribution in [-0.2, 0) is 4.79 Å². The van der Waals surface area contributed by atoms with E-state index in [9.17, 15) is 4.79 Å². The van der Waals surface area contributed by atoms with Crippen LogP contribution in [0.2, 0.25) is 5.02 Å². The van der Waals surface area contributed by atoms with Crippen LogP contribution < -0.4 is 19.5 Å². The van der Waals surface area contributed by atoms with Crippen molar-refractivity contribution < 1.29 is 19.0 Å². The summed E-state index contributed by atoms with van der Waals surface area (Å²) in [5, 5.41) is 3.28. The molecule has 5 nitrogen and oxygen atoms in total. The van der Waals surface area contributed by atoms with Crippen LogP contribution in [0.25, 0.3) is 0 Å². The van der Waals surface area contributed by atoms with Gasteiger partial charge < -0.3 is 19.5 Å². The van der Waals surface area contributed by atoms with E-state index in [0.29, 0.717) is 29.7 Å². The monoisotopic (exact) mass is 347 g/mol. The van der Waals surface area contributed by atoms with Crippen LogP contribution in [0.5, 0.6) is 17.2 Å².